The maximum Gasteiger partial charge on any atom is 1.00 e. The van der Waals surface area contributed by atoms with Crippen LogP contribution in [0, 0.1) is 5.82 Å². The van der Waals surface area contributed by atoms with Crippen LogP contribution < -0.4 is 61.6 Å². The average molecular weight is 309 g/mol. The van der Waals surface area contributed by atoms with Crippen LogP contribution in [-0.2, 0) is 6.61 Å². The molecule has 0 N–H and O–H groups in total. The van der Waals surface area contributed by atoms with Crippen LogP contribution in [0.4, 0.5) is 17.3 Å². The van der Waals surface area contributed by atoms with Crippen molar-refractivity contribution in [3.63, 3.8) is 0 Å². The monoisotopic (exact) mass is 309 g/mol. The quantitative estimate of drug-likeness (QED) is 0.579. The molecular weight excluding hydrogens is 300 g/mol. The standard InChI is InChI=1S/C12H9BF4NO.K/c14-11-5-4-9(13(15,16)17)7-12(11)19-8-10-3-1-2-6-18-10;/h1-7H,8H2;/q-1;+1. The molecule has 0 radical (unpaired) electrons. The van der Waals surface area contributed by atoms with E-state index in [2.05, 4.69) is 4.98 Å². The molecule has 2 aromatic rings. The minimum Gasteiger partial charge on any atom is -0.484 e. The number of nitrogens with zero attached hydrogens (tertiary/aromatic N) is 1. The Hall–Kier alpha value is -0.409. The molecule has 100 valence electrons. The molecule has 0 atom stereocenters. The van der Waals surface area contributed by atoms with Gasteiger partial charge in [0.1, 0.15) is 6.61 Å². The summed E-state index contributed by atoms with van der Waals surface area (Å²) in [5.74, 6) is -1.26. The molecule has 2 nitrogen and oxygen atoms in total. The molecule has 1 aromatic carbocycles. The van der Waals surface area contributed by atoms with Gasteiger partial charge >= 0.3 is 58.4 Å². The van der Waals surface area contributed by atoms with E-state index in [1.54, 1.807) is 18.2 Å². The molecule has 0 aliphatic heterocycles. The van der Waals surface area contributed by atoms with Crippen LogP contribution >= 0.6 is 0 Å². The van der Waals surface area contributed by atoms with Crippen molar-refractivity contribution < 1.29 is 73.5 Å². The van der Waals surface area contributed by atoms with Crippen molar-refractivity contribution in [2.24, 2.45) is 0 Å². The molecule has 0 spiro atoms. The Bertz CT molecular complexity index is 565. The first-order valence-corrected chi connectivity index (χ1v) is 5.49. The van der Waals surface area contributed by atoms with Crippen molar-refractivity contribution in [2.45, 2.75) is 6.61 Å². The van der Waals surface area contributed by atoms with E-state index in [9.17, 15) is 17.3 Å². The molecule has 0 unspecified atom stereocenters. The van der Waals surface area contributed by atoms with E-state index in [-0.39, 0.29) is 58.0 Å². The summed E-state index contributed by atoms with van der Waals surface area (Å²) in [6.07, 6.45) is 1.52. The summed E-state index contributed by atoms with van der Waals surface area (Å²) >= 11 is 0. The van der Waals surface area contributed by atoms with Crippen LogP contribution in [0.2, 0.25) is 0 Å². The number of halogens is 4. The second-order valence-electron chi connectivity index (χ2n) is 3.87. The van der Waals surface area contributed by atoms with Gasteiger partial charge in [-0.2, -0.15) is 0 Å². The zero-order valence-electron chi connectivity index (χ0n) is 10.7. The predicted molar refractivity (Wildman–Crippen MR) is 63.7 cm³/mol. The molecule has 0 fully saturated rings. The van der Waals surface area contributed by atoms with E-state index in [4.69, 9.17) is 4.74 Å². The number of pyridine rings is 1. The largest absolute Gasteiger partial charge is 1.00 e. The Morgan fingerprint density at radius 2 is 1.85 bits per heavy atom. The van der Waals surface area contributed by atoms with Gasteiger partial charge in [0.2, 0.25) is 0 Å². The normalized spacial score (nSPS) is 10.8. The van der Waals surface area contributed by atoms with Gasteiger partial charge in [0, 0.05) is 6.20 Å². The fraction of sp³-hybridized carbons (Fsp3) is 0.0833. The summed E-state index contributed by atoms with van der Waals surface area (Å²) in [5, 5.41) is 0. The summed E-state index contributed by atoms with van der Waals surface area (Å²) in [6, 6.07) is 7.14. The molecule has 0 amide bonds. The molecule has 0 bridgehead atoms. The number of ether oxygens (including phenoxy) is 1. The molecule has 20 heavy (non-hydrogen) atoms. The van der Waals surface area contributed by atoms with Gasteiger partial charge in [-0.25, -0.2) is 4.39 Å². The van der Waals surface area contributed by atoms with Crippen LogP contribution in [0.3, 0.4) is 0 Å². The van der Waals surface area contributed by atoms with E-state index in [0.717, 1.165) is 6.07 Å². The third-order valence-electron chi connectivity index (χ3n) is 2.43. The van der Waals surface area contributed by atoms with Gasteiger partial charge in [-0.15, -0.1) is 5.46 Å². The summed E-state index contributed by atoms with van der Waals surface area (Å²) in [4.78, 5) is 3.93. The van der Waals surface area contributed by atoms with Gasteiger partial charge in [-0.3, -0.25) is 4.98 Å². The van der Waals surface area contributed by atoms with Gasteiger partial charge < -0.3 is 17.7 Å². The van der Waals surface area contributed by atoms with Crippen molar-refractivity contribution >= 4 is 12.4 Å². The van der Waals surface area contributed by atoms with Crippen molar-refractivity contribution in [3.05, 3.63) is 54.1 Å². The molecule has 8 heteroatoms. The van der Waals surface area contributed by atoms with Gasteiger partial charge in [-0.05, 0) is 24.3 Å². The van der Waals surface area contributed by atoms with E-state index < -0.39 is 24.0 Å². The van der Waals surface area contributed by atoms with Crippen molar-refractivity contribution in [2.75, 3.05) is 0 Å². The summed E-state index contributed by atoms with van der Waals surface area (Å²) < 4.78 is 56.0. The van der Waals surface area contributed by atoms with Crippen LogP contribution in [0.25, 0.3) is 0 Å². The maximum atomic E-state index is 13.4. The maximum absolute atomic E-state index is 13.4. The minimum absolute atomic E-state index is 0. The molecule has 1 aromatic heterocycles. The predicted octanol–water partition coefficient (Wildman–Crippen LogP) is -0.142. The van der Waals surface area contributed by atoms with Crippen molar-refractivity contribution in [3.8, 4) is 5.75 Å². The topological polar surface area (TPSA) is 22.1 Å². The molecule has 0 aliphatic carbocycles. The number of hydrogen-bond acceptors (Lipinski definition) is 2. The fourth-order valence-corrected chi connectivity index (χ4v) is 1.47. The van der Waals surface area contributed by atoms with Crippen LogP contribution in [0.15, 0.2) is 42.6 Å². The van der Waals surface area contributed by atoms with E-state index in [1.807, 2.05) is 0 Å². The fourth-order valence-electron chi connectivity index (χ4n) is 1.47. The minimum atomic E-state index is -5.17. The molecule has 0 saturated heterocycles. The summed E-state index contributed by atoms with van der Waals surface area (Å²) in [5.41, 5.74) is -0.387. The zero-order chi connectivity index (χ0) is 13.9. The van der Waals surface area contributed by atoms with Gasteiger partial charge in [0.15, 0.2) is 11.6 Å². The van der Waals surface area contributed by atoms with Gasteiger partial charge in [0.25, 0.3) is 0 Å². The van der Waals surface area contributed by atoms with E-state index in [1.165, 1.54) is 6.20 Å². The van der Waals surface area contributed by atoms with Gasteiger partial charge in [-0.1, -0.05) is 12.1 Å². The number of rotatable bonds is 4. The number of benzene rings is 1. The Labute approximate surface area is 156 Å². The number of hydrogen-bond donors (Lipinski definition) is 0. The molecule has 0 saturated carbocycles. The molecular formula is C12H9BF4KNO. The number of aromatic nitrogens is 1. The van der Waals surface area contributed by atoms with Crippen LogP contribution in [-0.4, -0.2) is 12.0 Å². The van der Waals surface area contributed by atoms with Crippen LogP contribution in [0.1, 0.15) is 5.69 Å². The average Bonchev–Trinajstić information content (AvgIpc) is 2.37. The Kier molecular flexibility index (Phi) is 6.67. The first kappa shape index (κ1) is 17.6. The Morgan fingerprint density at radius 3 is 2.45 bits per heavy atom. The SMILES string of the molecule is Fc1ccc([B-](F)(F)F)cc1OCc1ccccn1.[K+]. The van der Waals surface area contributed by atoms with Gasteiger partial charge in [0.05, 0.1) is 5.69 Å². The summed E-state index contributed by atoms with van der Waals surface area (Å²) in [7, 11) is 0. The Morgan fingerprint density at radius 1 is 1.10 bits per heavy atom. The summed E-state index contributed by atoms with van der Waals surface area (Å²) in [6.45, 7) is -5.26. The van der Waals surface area contributed by atoms with Crippen LogP contribution in [0.5, 0.6) is 5.75 Å². The van der Waals surface area contributed by atoms with Crippen molar-refractivity contribution in [1.29, 1.82) is 0 Å². The zero-order valence-corrected chi connectivity index (χ0v) is 13.8. The van der Waals surface area contributed by atoms with E-state index >= 15 is 0 Å². The third kappa shape index (κ3) is 4.85. The van der Waals surface area contributed by atoms with E-state index in [0.29, 0.717) is 17.8 Å². The smallest absolute Gasteiger partial charge is 0.484 e. The Balaban J connectivity index is 0.00000200. The molecule has 1 heterocycles. The third-order valence-corrected chi connectivity index (χ3v) is 2.43. The molecule has 0 aliphatic rings. The molecule has 2 rings (SSSR count). The van der Waals surface area contributed by atoms with Crippen molar-refractivity contribution in [1.82, 2.24) is 4.98 Å². The second-order valence-corrected chi connectivity index (χ2v) is 3.87. The first-order chi connectivity index (χ1) is 8.97. The second kappa shape index (κ2) is 7.56. The first-order valence-electron chi connectivity index (χ1n) is 5.49.